The summed E-state index contributed by atoms with van der Waals surface area (Å²) in [7, 11) is 3.53. The highest BCUT2D eigenvalue weighted by Gasteiger charge is 2.31. The summed E-state index contributed by atoms with van der Waals surface area (Å²) in [6, 6.07) is 0. The topological polar surface area (TPSA) is 0 Å². The van der Waals surface area contributed by atoms with Crippen LogP contribution in [0.1, 0.15) is 0 Å². The first-order valence-corrected chi connectivity index (χ1v) is 22.8. The van der Waals surface area contributed by atoms with Gasteiger partial charge in [-0.25, -0.2) is 0 Å². The van der Waals surface area contributed by atoms with Gasteiger partial charge in [0.2, 0.25) is 0 Å². The fourth-order valence-corrected chi connectivity index (χ4v) is 39.8. The van der Waals surface area contributed by atoms with Gasteiger partial charge in [0, 0.05) is 0 Å². The normalized spacial score (nSPS) is 13.8. The molecule has 0 aromatic heterocycles. The van der Waals surface area contributed by atoms with Crippen molar-refractivity contribution < 1.29 is 0 Å². The summed E-state index contributed by atoms with van der Waals surface area (Å²) in [6.45, 7) is 0. The van der Waals surface area contributed by atoms with Crippen LogP contribution >= 0.6 is 112 Å². The fourth-order valence-electron chi connectivity index (χ4n) is 0.0945. The van der Waals surface area contributed by atoms with Gasteiger partial charge in [0.25, 0.3) is 0 Å². The second kappa shape index (κ2) is 5.79. The van der Waals surface area contributed by atoms with E-state index < -0.39 is 6.16 Å². The van der Waals surface area contributed by atoms with Gasteiger partial charge < -0.3 is 0 Å². The van der Waals surface area contributed by atoms with E-state index in [2.05, 4.69) is 91.8 Å². The van der Waals surface area contributed by atoms with E-state index >= 15 is 0 Å². The molecular formula is Br6S2Si2. The maximum absolute atomic E-state index is 3.51. The van der Waals surface area contributed by atoms with Crippen LogP contribution in [0.3, 0.4) is 0 Å². The summed E-state index contributed by atoms with van der Waals surface area (Å²) in [5, 5.41) is 0. The molecule has 0 aromatic rings. The second-order valence-corrected chi connectivity index (χ2v) is 60.9. The molecule has 62 valence electrons. The van der Waals surface area contributed by atoms with Gasteiger partial charge in [-0.1, -0.05) is 112 Å². The molecule has 0 N–H and O–H groups in total. The van der Waals surface area contributed by atoms with Crippen molar-refractivity contribution >= 4 is 118 Å². The smallest absolute Gasteiger partial charge is 0.0859 e. The van der Waals surface area contributed by atoms with Crippen molar-refractivity contribution in [3.05, 3.63) is 0 Å². The monoisotopic (exact) mass is 593 g/mol. The lowest BCUT2D eigenvalue weighted by Gasteiger charge is -2.11. The van der Waals surface area contributed by atoms with E-state index in [9.17, 15) is 0 Å². The predicted octanol–water partition coefficient (Wildman–Crippen LogP) is 5.61. The van der Waals surface area contributed by atoms with Gasteiger partial charge in [-0.15, -0.1) is 0 Å². The maximum atomic E-state index is 3.51. The summed E-state index contributed by atoms with van der Waals surface area (Å²) in [5.74, 6) is 0. The Labute approximate surface area is 116 Å². The summed E-state index contributed by atoms with van der Waals surface area (Å²) >= 11 is 21.0. The first-order chi connectivity index (χ1) is 4.21. The van der Waals surface area contributed by atoms with Crippen molar-refractivity contribution in [3.63, 3.8) is 0 Å². The van der Waals surface area contributed by atoms with E-state index in [0.717, 1.165) is 0 Å². The minimum absolute atomic E-state index is 1.51. The molecule has 0 saturated heterocycles. The van der Waals surface area contributed by atoms with Crippen LogP contribution in [0.25, 0.3) is 0 Å². The Bertz CT molecular complexity index is 87.3. The van der Waals surface area contributed by atoms with Crippen LogP contribution in [0.5, 0.6) is 0 Å². The minimum atomic E-state index is -1.51. The molecule has 0 aromatic carbocycles. The molecule has 0 rings (SSSR count). The molecule has 0 nitrogen and oxygen atoms in total. The van der Waals surface area contributed by atoms with Crippen molar-refractivity contribution in [2.45, 2.75) is 0 Å². The Morgan fingerprint density at radius 1 is 0.600 bits per heavy atom. The lowest BCUT2D eigenvalue weighted by molar-refractivity contribution is 4.57. The van der Waals surface area contributed by atoms with Gasteiger partial charge >= 0.3 is 6.16 Å². The molecule has 0 radical (unpaired) electrons. The molecule has 0 heterocycles. The van der Waals surface area contributed by atoms with Crippen LogP contribution in [0.2, 0.25) is 0 Å². The van der Waals surface area contributed by atoms with Crippen LogP contribution in [0.15, 0.2) is 0 Å². The van der Waals surface area contributed by atoms with Gasteiger partial charge in [-0.05, 0) is 0 Å². The third kappa shape index (κ3) is 12.0. The van der Waals surface area contributed by atoms with E-state index in [1.807, 2.05) is 0 Å². The summed E-state index contributed by atoms with van der Waals surface area (Å²) in [4.78, 5) is 0. The number of hydrogen-bond donors (Lipinski definition) is 0. The molecule has 0 unspecified atom stereocenters. The van der Waals surface area contributed by atoms with Gasteiger partial charge in [0.05, 0.1) is 0 Å². The van der Waals surface area contributed by atoms with E-state index in [-0.39, 0.29) is 0 Å². The molecule has 0 aliphatic carbocycles. The van der Waals surface area contributed by atoms with Crippen LogP contribution in [-0.2, 0) is 0 Å². The van der Waals surface area contributed by atoms with Crippen molar-refractivity contribution in [3.8, 4) is 0 Å². The Kier molecular flexibility index (Phi) is 8.11. The Balaban J connectivity index is 3.56. The molecule has 0 atom stereocenters. The first kappa shape index (κ1) is 14.0. The summed E-state index contributed by atoms with van der Waals surface area (Å²) in [5.41, 5.74) is 0. The van der Waals surface area contributed by atoms with Gasteiger partial charge in [0.15, 0.2) is 0 Å². The van der Waals surface area contributed by atoms with Crippen LogP contribution < -0.4 is 0 Å². The molecule has 0 aliphatic heterocycles. The van der Waals surface area contributed by atoms with E-state index in [1.165, 1.54) is 0 Å². The molecule has 0 bridgehead atoms. The molecule has 10 heteroatoms. The third-order valence-electron chi connectivity index (χ3n) is 0.231. The first-order valence-electron chi connectivity index (χ1n) is 1.71. The highest BCUT2D eigenvalue weighted by molar-refractivity contribution is 9.85. The van der Waals surface area contributed by atoms with Crippen LogP contribution in [-0.4, -0.2) is 6.16 Å². The summed E-state index contributed by atoms with van der Waals surface area (Å²) in [6.07, 6.45) is 0. The molecule has 0 spiro atoms. The fraction of sp³-hybridized carbons (Fsp3) is 0. The Morgan fingerprint density at radius 3 is 0.900 bits per heavy atom. The minimum Gasteiger partial charge on any atom is -0.0859 e. The zero-order valence-electron chi connectivity index (χ0n) is 4.08. The molecular weight excluding hydrogens is 600 g/mol. The third-order valence-corrected chi connectivity index (χ3v) is 29.9. The zero-order chi connectivity index (χ0) is 8.41. The van der Waals surface area contributed by atoms with E-state index in [0.29, 0.717) is 0 Å². The molecule has 0 amide bonds. The largest absolute Gasteiger partial charge is 0.337 e. The molecule has 10 heavy (non-hydrogen) atoms. The standard InChI is InChI=1S/Br6S2Si2/c1-9(2,3)7-8-10(4,5)6. The number of halogens is 6. The molecule has 0 aliphatic rings. The molecule has 0 saturated carbocycles. The molecule has 0 fully saturated rings. The van der Waals surface area contributed by atoms with Crippen LogP contribution in [0, 0.1) is 0 Å². The lowest BCUT2D eigenvalue weighted by atomic mass is 27.7. The Morgan fingerprint density at radius 2 is 0.800 bits per heavy atom. The average Bonchev–Trinajstić information content (AvgIpc) is 1.57. The van der Waals surface area contributed by atoms with Gasteiger partial charge in [0.1, 0.15) is 0 Å². The van der Waals surface area contributed by atoms with Gasteiger partial charge in [-0.3, -0.25) is 0 Å². The lowest BCUT2D eigenvalue weighted by Crippen LogP contribution is -2.02. The van der Waals surface area contributed by atoms with E-state index in [4.69, 9.17) is 0 Å². The predicted molar refractivity (Wildman–Crippen MR) is 80.3 cm³/mol. The van der Waals surface area contributed by atoms with Crippen molar-refractivity contribution in [2.75, 3.05) is 0 Å². The zero-order valence-corrected chi connectivity index (χ0v) is 17.2. The Hall–Kier alpha value is 4.01. The number of hydrogen-bond acceptors (Lipinski definition) is 2. The number of rotatable bonds is 3. The van der Waals surface area contributed by atoms with E-state index in [1.54, 1.807) is 20.5 Å². The highest BCUT2D eigenvalue weighted by Crippen LogP contribution is 2.54. The SMILES string of the molecule is Br[Si](Br)(Br)SS[Si](Br)(Br)Br. The van der Waals surface area contributed by atoms with Gasteiger partial charge in [-0.2, -0.15) is 0 Å². The second-order valence-electron chi connectivity index (χ2n) is 1.06. The quantitative estimate of drug-likeness (QED) is 0.235. The van der Waals surface area contributed by atoms with Crippen molar-refractivity contribution in [1.82, 2.24) is 0 Å². The van der Waals surface area contributed by atoms with Crippen molar-refractivity contribution in [1.29, 1.82) is 0 Å². The average molecular weight is 600 g/mol. The highest BCUT2D eigenvalue weighted by atomic mass is 80.0. The van der Waals surface area contributed by atoms with Crippen molar-refractivity contribution in [2.24, 2.45) is 0 Å². The maximum Gasteiger partial charge on any atom is 0.337 e. The van der Waals surface area contributed by atoms with Crippen LogP contribution in [0.4, 0.5) is 0 Å². The summed E-state index contributed by atoms with van der Waals surface area (Å²) < 4.78 is -3.01.